The van der Waals surface area contributed by atoms with Crippen LogP contribution in [-0.4, -0.2) is 43.6 Å². The van der Waals surface area contributed by atoms with E-state index in [-0.39, 0.29) is 5.91 Å². The maximum Gasteiger partial charge on any atom is 0.224 e. The van der Waals surface area contributed by atoms with Crippen molar-refractivity contribution >= 4 is 5.91 Å². The first-order valence-corrected chi connectivity index (χ1v) is 7.32. The molecule has 20 heavy (non-hydrogen) atoms. The van der Waals surface area contributed by atoms with E-state index in [2.05, 4.69) is 17.1 Å². The van der Waals surface area contributed by atoms with Crippen LogP contribution >= 0.6 is 0 Å². The van der Waals surface area contributed by atoms with Crippen LogP contribution in [0.25, 0.3) is 0 Å². The van der Waals surface area contributed by atoms with Crippen molar-refractivity contribution in [3.8, 4) is 5.75 Å². The second kappa shape index (κ2) is 7.29. The van der Waals surface area contributed by atoms with Gasteiger partial charge in [0.2, 0.25) is 5.91 Å². The first kappa shape index (κ1) is 14.9. The van der Waals surface area contributed by atoms with Gasteiger partial charge in [-0.2, -0.15) is 0 Å². The van der Waals surface area contributed by atoms with Crippen molar-refractivity contribution in [2.24, 2.45) is 0 Å². The van der Waals surface area contributed by atoms with Gasteiger partial charge in [-0.05, 0) is 50.6 Å². The number of nitrogens with one attached hydrogen (secondary N) is 1. The van der Waals surface area contributed by atoms with Crippen LogP contribution in [0.1, 0.15) is 25.3 Å². The number of carbonyl (C=O) groups excluding carboxylic acids is 1. The summed E-state index contributed by atoms with van der Waals surface area (Å²) < 4.78 is 5.16. The Balaban J connectivity index is 1.76. The van der Waals surface area contributed by atoms with Crippen molar-refractivity contribution in [3.63, 3.8) is 0 Å². The fourth-order valence-electron chi connectivity index (χ4n) is 2.60. The standard InChI is InChI=1S/C16H24N2O2/c1-13(18-8-3-4-9-18)12-17-16(19)11-14-6-5-7-15(10-14)20-2/h5-7,10,13H,3-4,8-9,11-12H2,1-2H3,(H,17,19)/t13-/m0/s1. The third-order valence-electron chi connectivity index (χ3n) is 3.86. The van der Waals surface area contributed by atoms with Gasteiger partial charge in [0.05, 0.1) is 13.5 Å². The van der Waals surface area contributed by atoms with Crippen LogP contribution in [-0.2, 0) is 11.2 Å². The van der Waals surface area contributed by atoms with Gasteiger partial charge in [0, 0.05) is 12.6 Å². The van der Waals surface area contributed by atoms with E-state index in [0.29, 0.717) is 12.5 Å². The number of likely N-dealkylation sites (tertiary alicyclic amines) is 1. The predicted octanol–water partition coefficient (Wildman–Crippen LogP) is 1.84. The van der Waals surface area contributed by atoms with Gasteiger partial charge in [-0.3, -0.25) is 9.69 Å². The van der Waals surface area contributed by atoms with Crippen LogP contribution < -0.4 is 10.1 Å². The number of nitrogens with zero attached hydrogens (tertiary/aromatic N) is 1. The highest BCUT2D eigenvalue weighted by molar-refractivity contribution is 5.78. The van der Waals surface area contributed by atoms with E-state index in [1.807, 2.05) is 24.3 Å². The Bertz CT molecular complexity index is 442. The van der Waals surface area contributed by atoms with Crippen LogP contribution in [0.2, 0.25) is 0 Å². The number of carbonyl (C=O) groups is 1. The number of methoxy groups -OCH3 is 1. The Hall–Kier alpha value is -1.55. The Morgan fingerprint density at radius 3 is 2.85 bits per heavy atom. The molecule has 1 aliphatic rings. The van der Waals surface area contributed by atoms with Gasteiger partial charge >= 0.3 is 0 Å². The van der Waals surface area contributed by atoms with Crippen LogP contribution in [0, 0.1) is 0 Å². The fraction of sp³-hybridized carbons (Fsp3) is 0.562. The zero-order valence-corrected chi connectivity index (χ0v) is 12.4. The first-order chi connectivity index (χ1) is 9.69. The normalized spacial score (nSPS) is 16.9. The van der Waals surface area contributed by atoms with Crippen molar-refractivity contribution in [3.05, 3.63) is 29.8 Å². The monoisotopic (exact) mass is 276 g/mol. The molecule has 4 nitrogen and oxygen atoms in total. The summed E-state index contributed by atoms with van der Waals surface area (Å²) in [4.78, 5) is 14.4. The molecular formula is C16H24N2O2. The molecule has 4 heteroatoms. The molecule has 0 unspecified atom stereocenters. The largest absolute Gasteiger partial charge is 0.497 e. The molecule has 1 amide bonds. The second-order valence-electron chi connectivity index (χ2n) is 5.42. The topological polar surface area (TPSA) is 41.6 Å². The number of rotatable bonds is 6. The van der Waals surface area contributed by atoms with Crippen molar-refractivity contribution in [2.45, 2.75) is 32.2 Å². The number of hydrogen-bond donors (Lipinski definition) is 1. The van der Waals surface area contributed by atoms with Crippen LogP contribution in [0.4, 0.5) is 0 Å². The predicted molar refractivity (Wildman–Crippen MR) is 80.0 cm³/mol. The molecule has 1 aromatic carbocycles. The quantitative estimate of drug-likeness (QED) is 0.862. The lowest BCUT2D eigenvalue weighted by Gasteiger charge is -2.23. The summed E-state index contributed by atoms with van der Waals surface area (Å²) in [5.74, 6) is 0.866. The average Bonchev–Trinajstić information content (AvgIpc) is 2.99. The number of hydrogen-bond acceptors (Lipinski definition) is 3. The maximum absolute atomic E-state index is 12.0. The molecule has 1 saturated heterocycles. The SMILES string of the molecule is COc1cccc(CC(=O)NC[C@H](C)N2CCCC2)c1. The summed E-state index contributed by atoms with van der Waals surface area (Å²) in [6.07, 6.45) is 2.97. The number of ether oxygens (including phenoxy) is 1. The van der Waals surface area contributed by atoms with Gasteiger partial charge in [-0.15, -0.1) is 0 Å². The highest BCUT2D eigenvalue weighted by Crippen LogP contribution is 2.13. The Kier molecular flexibility index (Phi) is 5.41. The fourth-order valence-corrected chi connectivity index (χ4v) is 2.60. The summed E-state index contributed by atoms with van der Waals surface area (Å²) in [5.41, 5.74) is 0.982. The van der Waals surface area contributed by atoms with Crippen molar-refractivity contribution in [1.82, 2.24) is 10.2 Å². The van der Waals surface area contributed by atoms with Crippen LogP contribution in [0.15, 0.2) is 24.3 Å². The Labute approximate surface area is 121 Å². The summed E-state index contributed by atoms with van der Waals surface area (Å²) in [7, 11) is 1.64. The van der Waals surface area contributed by atoms with E-state index < -0.39 is 0 Å². The van der Waals surface area contributed by atoms with Crippen LogP contribution in [0.5, 0.6) is 5.75 Å². The molecule has 110 valence electrons. The molecule has 1 aromatic rings. The van der Waals surface area contributed by atoms with E-state index in [9.17, 15) is 4.79 Å². The number of amides is 1. The van der Waals surface area contributed by atoms with E-state index >= 15 is 0 Å². The first-order valence-electron chi connectivity index (χ1n) is 7.32. The summed E-state index contributed by atoms with van der Waals surface area (Å²) in [6, 6.07) is 8.08. The lowest BCUT2D eigenvalue weighted by atomic mass is 10.1. The van der Waals surface area contributed by atoms with Crippen molar-refractivity contribution in [2.75, 3.05) is 26.7 Å². The van der Waals surface area contributed by atoms with Crippen molar-refractivity contribution < 1.29 is 9.53 Å². The summed E-state index contributed by atoms with van der Waals surface area (Å²) >= 11 is 0. The highest BCUT2D eigenvalue weighted by atomic mass is 16.5. The molecule has 1 atom stereocenters. The lowest BCUT2D eigenvalue weighted by molar-refractivity contribution is -0.120. The third kappa shape index (κ3) is 4.23. The van der Waals surface area contributed by atoms with Gasteiger partial charge in [0.15, 0.2) is 0 Å². The maximum atomic E-state index is 12.0. The van der Waals surface area contributed by atoms with Gasteiger partial charge < -0.3 is 10.1 Å². The minimum atomic E-state index is 0.0734. The molecule has 0 aromatic heterocycles. The van der Waals surface area contributed by atoms with E-state index in [4.69, 9.17) is 4.74 Å². The van der Waals surface area contributed by atoms with E-state index in [1.165, 1.54) is 12.8 Å². The number of benzene rings is 1. The molecule has 0 spiro atoms. The van der Waals surface area contributed by atoms with Gasteiger partial charge in [-0.1, -0.05) is 12.1 Å². The average molecular weight is 276 g/mol. The minimum Gasteiger partial charge on any atom is -0.497 e. The molecule has 1 N–H and O–H groups in total. The Morgan fingerprint density at radius 1 is 1.40 bits per heavy atom. The highest BCUT2D eigenvalue weighted by Gasteiger charge is 2.18. The molecule has 0 saturated carbocycles. The van der Waals surface area contributed by atoms with Gasteiger partial charge in [-0.25, -0.2) is 0 Å². The molecule has 1 heterocycles. The van der Waals surface area contributed by atoms with E-state index in [0.717, 1.165) is 30.9 Å². The smallest absolute Gasteiger partial charge is 0.224 e. The Morgan fingerprint density at radius 2 is 2.15 bits per heavy atom. The summed E-state index contributed by atoms with van der Waals surface area (Å²) in [6.45, 7) is 5.22. The molecule has 2 rings (SSSR count). The second-order valence-corrected chi connectivity index (χ2v) is 5.42. The third-order valence-corrected chi connectivity index (χ3v) is 3.86. The zero-order valence-electron chi connectivity index (χ0n) is 12.4. The molecule has 0 aliphatic carbocycles. The van der Waals surface area contributed by atoms with Gasteiger partial charge in [0.25, 0.3) is 0 Å². The van der Waals surface area contributed by atoms with Crippen LogP contribution in [0.3, 0.4) is 0 Å². The molecule has 0 radical (unpaired) electrons. The molecule has 1 aliphatic heterocycles. The minimum absolute atomic E-state index is 0.0734. The zero-order chi connectivity index (χ0) is 14.4. The van der Waals surface area contributed by atoms with E-state index in [1.54, 1.807) is 7.11 Å². The molecule has 1 fully saturated rings. The lowest BCUT2D eigenvalue weighted by Crippen LogP contribution is -2.41. The summed E-state index contributed by atoms with van der Waals surface area (Å²) in [5, 5.41) is 3.02. The van der Waals surface area contributed by atoms with Crippen molar-refractivity contribution in [1.29, 1.82) is 0 Å². The molecule has 0 bridgehead atoms. The van der Waals surface area contributed by atoms with Gasteiger partial charge in [0.1, 0.15) is 5.75 Å². The molecular weight excluding hydrogens is 252 g/mol.